The standard InChI is InChI=1S/C14H21N3O/c1-11(2)16-9-8-14(17(16)10-18)15-13-6-4-12(3)5-7-13/h4-7,10-11,14-15H,8-9H2,1-3H3/t14-/m1/s1. The quantitative estimate of drug-likeness (QED) is 0.829. The molecule has 0 bridgehead atoms. The van der Waals surface area contributed by atoms with E-state index in [2.05, 4.69) is 55.4 Å². The highest BCUT2D eigenvalue weighted by atomic mass is 16.2. The molecule has 1 aliphatic heterocycles. The molecule has 4 heteroatoms. The van der Waals surface area contributed by atoms with Crippen molar-refractivity contribution < 1.29 is 4.79 Å². The maximum atomic E-state index is 11.2. The lowest BCUT2D eigenvalue weighted by Crippen LogP contribution is -2.46. The fraction of sp³-hybridized carbons (Fsp3) is 0.500. The maximum Gasteiger partial charge on any atom is 0.225 e. The van der Waals surface area contributed by atoms with Crippen LogP contribution < -0.4 is 5.32 Å². The first kappa shape index (κ1) is 12.9. The van der Waals surface area contributed by atoms with Gasteiger partial charge >= 0.3 is 0 Å². The zero-order chi connectivity index (χ0) is 13.1. The molecular formula is C14H21N3O. The molecule has 1 atom stereocenters. The molecule has 1 saturated heterocycles. The van der Waals surface area contributed by atoms with Gasteiger partial charge in [-0.2, -0.15) is 0 Å². The highest BCUT2D eigenvalue weighted by Crippen LogP contribution is 2.21. The summed E-state index contributed by atoms with van der Waals surface area (Å²) in [6, 6.07) is 8.60. The molecule has 0 spiro atoms. The fourth-order valence-electron chi connectivity index (χ4n) is 2.32. The van der Waals surface area contributed by atoms with Crippen molar-refractivity contribution in [3.05, 3.63) is 29.8 Å². The van der Waals surface area contributed by atoms with E-state index in [1.54, 1.807) is 5.01 Å². The Bertz CT molecular complexity index is 402. The second kappa shape index (κ2) is 5.40. The van der Waals surface area contributed by atoms with Gasteiger partial charge in [-0.3, -0.25) is 9.80 Å². The lowest BCUT2D eigenvalue weighted by Gasteiger charge is -2.32. The number of carbonyl (C=O) groups is 1. The average molecular weight is 247 g/mol. The Kier molecular flexibility index (Phi) is 3.87. The minimum absolute atomic E-state index is 0.0626. The van der Waals surface area contributed by atoms with Crippen molar-refractivity contribution in [3.63, 3.8) is 0 Å². The van der Waals surface area contributed by atoms with Crippen LogP contribution >= 0.6 is 0 Å². The Hall–Kier alpha value is -1.55. The van der Waals surface area contributed by atoms with Gasteiger partial charge in [-0.15, -0.1) is 0 Å². The summed E-state index contributed by atoms with van der Waals surface area (Å²) >= 11 is 0. The third-order valence-electron chi connectivity index (χ3n) is 3.34. The van der Waals surface area contributed by atoms with Crippen LogP contribution in [0.2, 0.25) is 0 Å². The minimum Gasteiger partial charge on any atom is -0.364 e. The van der Waals surface area contributed by atoms with Gasteiger partial charge in [-0.05, 0) is 32.9 Å². The lowest BCUT2D eigenvalue weighted by molar-refractivity contribution is -0.134. The Labute approximate surface area is 109 Å². The summed E-state index contributed by atoms with van der Waals surface area (Å²) in [6.07, 6.45) is 1.93. The first-order chi connectivity index (χ1) is 8.61. The molecule has 1 heterocycles. The second-order valence-corrected chi connectivity index (χ2v) is 5.06. The van der Waals surface area contributed by atoms with Gasteiger partial charge in [-0.25, -0.2) is 5.01 Å². The molecule has 1 aromatic rings. The number of hydrogen-bond acceptors (Lipinski definition) is 3. The van der Waals surface area contributed by atoms with E-state index in [0.717, 1.165) is 25.1 Å². The monoisotopic (exact) mass is 247 g/mol. The van der Waals surface area contributed by atoms with Crippen LogP contribution in [-0.4, -0.2) is 35.2 Å². The van der Waals surface area contributed by atoms with Gasteiger partial charge in [0.15, 0.2) is 0 Å². The van der Waals surface area contributed by atoms with E-state index in [1.807, 2.05) is 0 Å². The number of anilines is 1. The molecule has 98 valence electrons. The first-order valence-corrected chi connectivity index (χ1v) is 6.45. The Morgan fingerprint density at radius 1 is 1.33 bits per heavy atom. The number of rotatable bonds is 4. The SMILES string of the molecule is Cc1ccc(N[C@H]2CCN(C(C)C)N2C=O)cc1. The van der Waals surface area contributed by atoms with Gasteiger partial charge in [0.25, 0.3) is 0 Å². The van der Waals surface area contributed by atoms with E-state index >= 15 is 0 Å². The van der Waals surface area contributed by atoms with Crippen LogP contribution in [0.1, 0.15) is 25.8 Å². The van der Waals surface area contributed by atoms with Crippen molar-refractivity contribution in [2.75, 3.05) is 11.9 Å². The van der Waals surface area contributed by atoms with Crippen LogP contribution in [0.15, 0.2) is 24.3 Å². The number of aryl methyl sites for hydroxylation is 1. The normalized spacial score (nSPS) is 20.4. The van der Waals surface area contributed by atoms with E-state index in [0.29, 0.717) is 6.04 Å². The minimum atomic E-state index is 0.0626. The topological polar surface area (TPSA) is 35.6 Å². The van der Waals surface area contributed by atoms with E-state index in [-0.39, 0.29) is 6.17 Å². The van der Waals surface area contributed by atoms with Gasteiger partial charge in [0.05, 0.1) is 0 Å². The number of carbonyl (C=O) groups excluding carboxylic acids is 1. The molecule has 18 heavy (non-hydrogen) atoms. The zero-order valence-corrected chi connectivity index (χ0v) is 11.3. The molecule has 1 aromatic carbocycles. The molecule has 1 N–H and O–H groups in total. The third kappa shape index (κ3) is 2.64. The number of nitrogens with zero attached hydrogens (tertiary/aromatic N) is 2. The summed E-state index contributed by atoms with van der Waals surface area (Å²) in [5.74, 6) is 0. The molecule has 1 amide bonds. The zero-order valence-electron chi connectivity index (χ0n) is 11.3. The summed E-state index contributed by atoms with van der Waals surface area (Å²) < 4.78 is 0. The molecule has 2 rings (SSSR count). The van der Waals surface area contributed by atoms with Crippen LogP contribution in [0, 0.1) is 6.92 Å². The van der Waals surface area contributed by atoms with E-state index in [4.69, 9.17) is 0 Å². The molecule has 0 saturated carbocycles. The smallest absolute Gasteiger partial charge is 0.225 e. The first-order valence-electron chi connectivity index (χ1n) is 6.45. The van der Waals surface area contributed by atoms with Crippen LogP contribution in [0.25, 0.3) is 0 Å². The van der Waals surface area contributed by atoms with Crippen molar-refractivity contribution in [2.45, 2.75) is 39.4 Å². The molecule has 0 aliphatic carbocycles. The molecule has 0 unspecified atom stereocenters. The van der Waals surface area contributed by atoms with Gasteiger partial charge in [-0.1, -0.05) is 17.7 Å². The Morgan fingerprint density at radius 3 is 2.56 bits per heavy atom. The Morgan fingerprint density at radius 2 is 2.00 bits per heavy atom. The van der Waals surface area contributed by atoms with Crippen molar-refractivity contribution in [1.82, 2.24) is 10.0 Å². The van der Waals surface area contributed by atoms with Crippen molar-refractivity contribution in [1.29, 1.82) is 0 Å². The summed E-state index contributed by atoms with van der Waals surface area (Å²) in [5.41, 5.74) is 2.30. The highest BCUT2D eigenvalue weighted by Gasteiger charge is 2.31. The van der Waals surface area contributed by atoms with Crippen LogP contribution in [0.4, 0.5) is 5.69 Å². The van der Waals surface area contributed by atoms with Crippen LogP contribution in [0.3, 0.4) is 0 Å². The fourth-order valence-corrected chi connectivity index (χ4v) is 2.32. The average Bonchev–Trinajstić information content (AvgIpc) is 2.75. The van der Waals surface area contributed by atoms with E-state index in [9.17, 15) is 4.79 Å². The second-order valence-electron chi connectivity index (χ2n) is 5.06. The van der Waals surface area contributed by atoms with Crippen molar-refractivity contribution in [3.8, 4) is 0 Å². The molecule has 1 aliphatic rings. The molecule has 1 fully saturated rings. The number of nitrogens with one attached hydrogen (secondary N) is 1. The molecule has 0 radical (unpaired) electrons. The summed E-state index contributed by atoms with van der Waals surface area (Å²) in [6.45, 7) is 7.19. The van der Waals surface area contributed by atoms with E-state index in [1.165, 1.54) is 5.56 Å². The predicted molar refractivity (Wildman–Crippen MR) is 73.0 cm³/mol. The predicted octanol–water partition coefficient (Wildman–Crippen LogP) is 2.22. The number of hydrogen-bond donors (Lipinski definition) is 1. The Balaban J connectivity index is 2.05. The van der Waals surface area contributed by atoms with Gasteiger partial charge in [0.1, 0.15) is 6.17 Å². The molecular weight excluding hydrogens is 226 g/mol. The number of benzene rings is 1. The van der Waals surface area contributed by atoms with Crippen LogP contribution in [0.5, 0.6) is 0 Å². The summed E-state index contributed by atoms with van der Waals surface area (Å²) in [5, 5.41) is 7.27. The van der Waals surface area contributed by atoms with Gasteiger partial charge in [0.2, 0.25) is 6.41 Å². The summed E-state index contributed by atoms with van der Waals surface area (Å²) in [7, 11) is 0. The van der Waals surface area contributed by atoms with Crippen molar-refractivity contribution >= 4 is 12.1 Å². The van der Waals surface area contributed by atoms with E-state index < -0.39 is 0 Å². The number of hydrazine groups is 1. The van der Waals surface area contributed by atoms with Crippen LogP contribution in [-0.2, 0) is 4.79 Å². The molecule has 0 aromatic heterocycles. The summed E-state index contributed by atoms with van der Waals surface area (Å²) in [4.78, 5) is 11.2. The largest absolute Gasteiger partial charge is 0.364 e. The number of amides is 1. The van der Waals surface area contributed by atoms with Gasteiger partial charge < -0.3 is 5.32 Å². The highest BCUT2D eigenvalue weighted by molar-refractivity contribution is 5.51. The third-order valence-corrected chi connectivity index (χ3v) is 3.34. The van der Waals surface area contributed by atoms with Gasteiger partial charge in [0, 0.05) is 24.7 Å². The van der Waals surface area contributed by atoms with Crippen molar-refractivity contribution in [2.24, 2.45) is 0 Å². The maximum absolute atomic E-state index is 11.2. The molecule has 4 nitrogen and oxygen atoms in total. The lowest BCUT2D eigenvalue weighted by atomic mass is 10.2.